The van der Waals surface area contributed by atoms with Crippen molar-refractivity contribution in [1.82, 2.24) is 4.98 Å². The summed E-state index contributed by atoms with van der Waals surface area (Å²) >= 11 is 0. The number of hydrogen-bond acceptors (Lipinski definition) is 3. The second kappa shape index (κ2) is 4.74. The SMILES string of the molecule is CCc1cccc2c(C(=O)C(C)(C)S(C)(=O)=O)c[nH]c12. The predicted octanol–water partition coefficient (Wildman–Crippen LogP) is 2.74. The fraction of sp³-hybridized carbons (Fsp3) is 0.400. The maximum Gasteiger partial charge on any atom is 0.185 e. The molecule has 0 radical (unpaired) electrons. The molecule has 0 saturated heterocycles. The van der Waals surface area contributed by atoms with E-state index in [9.17, 15) is 13.2 Å². The van der Waals surface area contributed by atoms with E-state index in [1.807, 2.05) is 25.1 Å². The van der Waals surface area contributed by atoms with Gasteiger partial charge in [-0.2, -0.15) is 0 Å². The molecule has 0 aliphatic heterocycles. The highest BCUT2D eigenvalue weighted by Gasteiger charge is 2.39. The monoisotopic (exact) mass is 293 g/mol. The standard InChI is InChI=1S/C15H19NO3S/c1-5-10-7-6-8-11-12(9-16-13(10)11)14(17)15(2,3)20(4,18)19/h6-9,16H,5H2,1-4H3. The van der Waals surface area contributed by atoms with Gasteiger partial charge in [0, 0.05) is 28.9 Å². The summed E-state index contributed by atoms with van der Waals surface area (Å²) in [6.07, 6.45) is 3.55. The molecular formula is C15H19NO3S. The molecule has 0 aliphatic carbocycles. The number of carbonyl (C=O) groups is 1. The zero-order valence-corrected chi connectivity index (χ0v) is 13.0. The van der Waals surface area contributed by atoms with Gasteiger partial charge in [0.25, 0.3) is 0 Å². The topological polar surface area (TPSA) is 67.0 Å². The van der Waals surface area contributed by atoms with Crippen molar-refractivity contribution in [3.05, 3.63) is 35.5 Å². The van der Waals surface area contributed by atoms with Crippen molar-refractivity contribution in [2.75, 3.05) is 6.26 Å². The molecule has 108 valence electrons. The number of aromatic nitrogens is 1. The number of rotatable bonds is 4. The third-order valence-electron chi connectivity index (χ3n) is 3.90. The Morgan fingerprint density at radius 1 is 1.30 bits per heavy atom. The number of Topliss-reactive ketones (excluding diaryl/α,β-unsaturated/α-hetero) is 1. The Kier molecular flexibility index (Phi) is 3.50. The summed E-state index contributed by atoms with van der Waals surface area (Å²) in [6, 6.07) is 5.73. The van der Waals surface area contributed by atoms with E-state index in [1.165, 1.54) is 13.8 Å². The van der Waals surface area contributed by atoms with E-state index in [2.05, 4.69) is 4.98 Å². The van der Waals surface area contributed by atoms with Gasteiger partial charge in [-0.15, -0.1) is 0 Å². The summed E-state index contributed by atoms with van der Waals surface area (Å²) in [5.74, 6) is -0.375. The first-order chi connectivity index (χ1) is 9.20. The molecular weight excluding hydrogens is 274 g/mol. The lowest BCUT2D eigenvalue weighted by Crippen LogP contribution is -2.39. The van der Waals surface area contributed by atoms with E-state index in [0.29, 0.717) is 5.56 Å². The fourth-order valence-corrected chi connectivity index (χ4v) is 2.64. The molecule has 1 heterocycles. The van der Waals surface area contributed by atoms with E-state index in [4.69, 9.17) is 0 Å². The Bertz CT molecular complexity index is 770. The Balaban J connectivity index is 2.63. The number of ketones is 1. The van der Waals surface area contributed by atoms with E-state index in [1.54, 1.807) is 6.20 Å². The highest BCUT2D eigenvalue weighted by Crippen LogP contribution is 2.28. The minimum absolute atomic E-state index is 0.375. The van der Waals surface area contributed by atoms with Crippen LogP contribution in [0.3, 0.4) is 0 Å². The average molecular weight is 293 g/mol. The van der Waals surface area contributed by atoms with Gasteiger partial charge < -0.3 is 4.98 Å². The normalized spacial score (nSPS) is 12.8. The molecule has 1 aromatic heterocycles. The summed E-state index contributed by atoms with van der Waals surface area (Å²) in [5, 5.41) is 0.783. The van der Waals surface area contributed by atoms with Crippen LogP contribution in [0.15, 0.2) is 24.4 Å². The van der Waals surface area contributed by atoms with Crippen LogP contribution in [-0.4, -0.2) is 30.2 Å². The molecule has 20 heavy (non-hydrogen) atoms. The molecule has 1 N–H and O–H groups in total. The van der Waals surface area contributed by atoms with Gasteiger partial charge in [-0.1, -0.05) is 25.1 Å². The Morgan fingerprint density at radius 2 is 1.95 bits per heavy atom. The number of carbonyl (C=O) groups excluding carboxylic acids is 1. The predicted molar refractivity (Wildman–Crippen MR) is 80.9 cm³/mol. The van der Waals surface area contributed by atoms with Crippen molar-refractivity contribution < 1.29 is 13.2 Å². The number of nitrogens with one attached hydrogen (secondary N) is 1. The summed E-state index contributed by atoms with van der Waals surface area (Å²) < 4.78 is 22.2. The molecule has 0 atom stereocenters. The number of fused-ring (bicyclic) bond motifs is 1. The van der Waals surface area contributed by atoms with Crippen LogP contribution in [0.25, 0.3) is 10.9 Å². The van der Waals surface area contributed by atoms with Crippen LogP contribution in [0, 0.1) is 0 Å². The van der Waals surface area contributed by atoms with Crippen molar-refractivity contribution in [3.8, 4) is 0 Å². The smallest absolute Gasteiger partial charge is 0.185 e. The zero-order chi connectivity index (χ0) is 15.1. The van der Waals surface area contributed by atoms with Gasteiger partial charge in [0.05, 0.1) is 0 Å². The molecule has 0 amide bonds. The molecule has 2 aromatic rings. The molecule has 0 fully saturated rings. The van der Waals surface area contributed by atoms with Crippen molar-refractivity contribution in [2.45, 2.75) is 31.9 Å². The number of aryl methyl sites for hydroxylation is 1. The zero-order valence-electron chi connectivity index (χ0n) is 12.1. The maximum absolute atomic E-state index is 12.6. The van der Waals surface area contributed by atoms with Crippen LogP contribution < -0.4 is 0 Å². The lowest BCUT2D eigenvalue weighted by molar-refractivity contribution is 0.0956. The quantitative estimate of drug-likeness (QED) is 0.881. The van der Waals surface area contributed by atoms with Crippen LogP contribution in [0.5, 0.6) is 0 Å². The van der Waals surface area contributed by atoms with Crippen LogP contribution in [0.2, 0.25) is 0 Å². The van der Waals surface area contributed by atoms with E-state index < -0.39 is 14.6 Å². The van der Waals surface area contributed by atoms with Crippen molar-refractivity contribution >= 4 is 26.5 Å². The van der Waals surface area contributed by atoms with Crippen molar-refractivity contribution in [2.24, 2.45) is 0 Å². The molecule has 2 rings (SSSR count). The van der Waals surface area contributed by atoms with Gasteiger partial charge in [0.2, 0.25) is 0 Å². The molecule has 0 unspecified atom stereocenters. The second-order valence-corrected chi connectivity index (χ2v) is 8.07. The first-order valence-electron chi connectivity index (χ1n) is 6.53. The molecule has 4 nitrogen and oxygen atoms in total. The third-order valence-corrected chi connectivity index (χ3v) is 5.94. The van der Waals surface area contributed by atoms with Gasteiger partial charge in [-0.05, 0) is 25.8 Å². The van der Waals surface area contributed by atoms with Crippen LogP contribution in [0.1, 0.15) is 36.7 Å². The minimum atomic E-state index is -3.48. The summed E-state index contributed by atoms with van der Waals surface area (Å²) in [4.78, 5) is 15.7. The Morgan fingerprint density at radius 3 is 2.50 bits per heavy atom. The largest absolute Gasteiger partial charge is 0.360 e. The van der Waals surface area contributed by atoms with E-state index in [-0.39, 0.29) is 5.78 Å². The molecule has 0 aliphatic rings. The first kappa shape index (κ1) is 14.8. The van der Waals surface area contributed by atoms with Crippen LogP contribution >= 0.6 is 0 Å². The number of sulfone groups is 1. The average Bonchev–Trinajstić information content (AvgIpc) is 2.79. The number of hydrogen-bond donors (Lipinski definition) is 1. The molecule has 1 aromatic carbocycles. The highest BCUT2D eigenvalue weighted by molar-refractivity contribution is 7.92. The third kappa shape index (κ3) is 2.16. The number of para-hydroxylation sites is 1. The second-order valence-electron chi connectivity index (χ2n) is 5.51. The molecule has 0 bridgehead atoms. The lowest BCUT2D eigenvalue weighted by Gasteiger charge is -2.20. The molecule has 0 saturated carbocycles. The minimum Gasteiger partial charge on any atom is -0.360 e. The number of aromatic amines is 1. The van der Waals surface area contributed by atoms with Gasteiger partial charge in [-0.25, -0.2) is 8.42 Å². The summed E-state index contributed by atoms with van der Waals surface area (Å²) in [6.45, 7) is 4.94. The maximum atomic E-state index is 12.6. The van der Waals surface area contributed by atoms with E-state index >= 15 is 0 Å². The van der Waals surface area contributed by atoms with Crippen molar-refractivity contribution in [1.29, 1.82) is 0 Å². The fourth-order valence-electron chi connectivity index (χ4n) is 2.19. The lowest BCUT2D eigenvalue weighted by atomic mass is 9.98. The summed E-state index contributed by atoms with van der Waals surface area (Å²) in [5.41, 5.74) is 2.45. The van der Waals surface area contributed by atoms with Crippen molar-refractivity contribution in [3.63, 3.8) is 0 Å². The van der Waals surface area contributed by atoms with E-state index in [0.717, 1.165) is 29.1 Å². The van der Waals surface area contributed by atoms with Gasteiger partial charge >= 0.3 is 0 Å². The van der Waals surface area contributed by atoms with Gasteiger partial charge in [0.15, 0.2) is 15.6 Å². The molecule has 0 spiro atoms. The highest BCUT2D eigenvalue weighted by atomic mass is 32.2. The van der Waals surface area contributed by atoms with Crippen LogP contribution in [0.4, 0.5) is 0 Å². The number of benzene rings is 1. The van der Waals surface area contributed by atoms with Crippen LogP contribution in [-0.2, 0) is 16.3 Å². The van der Waals surface area contributed by atoms with Gasteiger partial charge in [0.1, 0.15) is 4.75 Å². The first-order valence-corrected chi connectivity index (χ1v) is 8.42. The number of H-pyrrole nitrogens is 1. The Labute approximate surface area is 119 Å². The van der Waals surface area contributed by atoms with Gasteiger partial charge in [-0.3, -0.25) is 4.79 Å². The summed E-state index contributed by atoms with van der Waals surface area (Å²) in [7, 11) is -3.48. The molecule has 5 heteroatoms. The Hall–Kier alpha value is -1.62.